The summed E-state index contributed by atoms with van der Waals surface area (Å²) in [7, 11) is 0. The molecule has 1 aromatic carbocycles. The first-order chi connectivity index (χ1) is 10.9. The van der Waals surface area contributed by atoms with Gasteiger partial charge in [0.25, 0.3) is 5.91 Å². The van der Waals surface area contributed by atoms with E-state index in [1.54, 1.807) is 0 Å². The van der Waals surface area contributed by atoms with Gasteiger partial charge < -0.3 is 16.4 Å². The van der Waals surface area contributed by atoms with Gasteiger partial charge in [-0.05, 0) is 43.5 Å². The molecule has 0 fully saturated rings. The standard InChI is InChI=1S/C17H26FN3O2/c1-3-17(19,4-2)12-21-15(22)6-5-11-20-16(23)13-7-9-14(18)10-8-13/h7-10H,3-6,11-12,19H2,1-2H3,(H,20,23)(H,21,22). The van der Waals surface area contributed by atoms with Crippen molar-refractivity contribution in [2.75, 3.05) is 13.1 Å². The van der Waals surface area contributed by atoms with Crippen LogP contribution in [0.15, 0.2) is 24.3 Å². The van der Waals surface area contributed by atoms with Gasteiger partial charge in [0, 0.05) is 30.6 Å². The third kappa shape index (κ3) is 6.78. The molecule has 0 aliphatic rings. The highest BCUT2D eigenvalue weighted by Gasteiger charge is 2.20. The van der Waals surface area contributed by atoms with Gasteiger partial charge >= 0.3 is 0 Å². The second-order valence-electron chi connectivity index (χ2n) is 5.71. The molecule has 0 atom stereocenters. The minimum Gasteiger partial charge on any atom is -0.354 e. The maximum absolute atomic E-state index is 12.8. The van der Waals surface area contributed by atoms with E-state index in [-0.39, 0.29) is 23.2 Å². The van der Waals surface area contributed by atoms with Crippen LogP contribution in [0.5, 0.6) is 0 Å². The van der Waals surface area contributed by atoms with Crippen LogP contribution in [0, 0.1) is 5.82 Å². The number of hydrogen-bond acceptors (Lipinski definition) is 3. The number of hydrogen-bond donors (Lipinski definition) is 3. The van der Waals surface area contributed by atoms with Crippen LogP contribution in [0.1, 0.15) is 49.9 Å². The Bertz CT molecular complexity index is 513. The topological polar surface area (TPSA) is 84.2 Å². The van der Waals surface area contributed by atoms with Crippen molar-refractivity contribution in [2.45, 2.75) is 45.1 Å². The van der Waals surface area contributed by atoms with Crippen molar-refractivity contribution in [2.24, 2.45) is 5.73 Å². The Morgan fingerprint density at radius 1 is 1.13 bits per heavy atom. The fourth-order valence-corrected chi connectivity index (χ4v) is 2.02. The fourth-order valence-electron chi connectivity index (χ4n) is 2.02. The summed E-state index contributed by atoms with van der Waals surface area (Å²) in [6, 6.07) is 5.33. The van der Waals surface area contributed by atoms with Crippen molar-refractivity contribution < 1.29 is 14.0 Å². The summed E-state index contributed by atoms with van der Waals surface area (Å²) in [6.45, 7) is 4.85. The van der Waals surface area contributed by atoms with Gasteiger partial charge in [-0.2, -0.15) is 0 Å². The average molecular weight is 323 g/mol. The van der Waals surface area contributed by atoms with Gasteiger partial charge in [-0.1, -0.05) is 13.8 Å². The Balaban J connectivity index is 2.22. The molecular formula is C17H26FN3O2. The van der Waals surface area contributed by atoms with Crippen LogP contribution in [0.2, 0.25) is 0 Å². The third-order valence-electron chi connectivity index (χ3n) is 4.02. The zero-order valence-corrected chi connectivity index (χ0v) is 13.8. The summed E-state index contributed by atoms with van der Waals surface area (Å²) in [5.74, 6) is -0.727. The molecular weight excluding hydrogens is 297 g/mol. The fraction of sp³-hybridized carbons (Fsp3) is 0.529. The van der Waals surface area contributed by atoms with Gasteiger partial charge in [0.1, 0.15) is 5.82 Å². The first kappa shape index (κ1) is 19.1. The number of carbonyl (C=O) groups excluding carboxylic acids is 2. The molecule has 0 saturated heterocycles. The van der Waals surface area contributed by atoms with Crippen molar-refractivity contribution in [3.05, 3.63) is 35.6 Å². The lowest BCUT2D eigenvalue weighted by Gasteiger charge is -2.26. The maximum atomic E-state index is 12.8. The van der Waals surface area contributed by atoms with E-state index in [9.17, 15) is 14.0 Å². The number of nitrogens with one attached hydrogen (secondary N) is 2. The van der Waals surface area contributed by atoms with Gasteiger partial charge in [0.05, 0.1) is 0 Å². The largest absolute Gasteiger partial charge is 0.354 e. The first-order valence-electron chi connectivity index (χ1n) is 7.99. The van der Waals surface area contributed by atoms with Gasteiger partial charge in [-0.3, -0.25) is 9.59 Å². The molecule has 128 valence electrons. The summed E-state index contributed by atoms with van der Waals surface area (Å²) in [6.07, 6.45) is 2.47. The van der Waals surface area contributed by atoms with Gasteiger partial charge in [-0.15, -0.1) is 0 Å². The molecule has 23 heavy (non-hydrogen) atoms. The normalized spacial score (nSPS) is 11.1. The average Bonchev–Trinajstić information content (AvgIpc) is 2.57. The molecule has 0 spiro atoms. The van der Waals surface area contributed by atoms with E-state index in [1.807, 2.05) is 13.8 Å². The van der Waals surface area contributed by atoms with Gasteiger partial charge in [0.2, 0.25) is 5.91 Å². The zero-order chi connectivity index (χ0) is 17.3. The Morgan fingerprint density at radius 2 is 1.74 bits per heavy atom. The minimum absolute atomic E-state index is 0.0715. The van der Waals surface area contributed by atoms with Crippen molar-refractivity contribution in [1.82, 2.24) is 10.6 Å². The van der Waals surface area contributed by atoms with E-state index in [2.05, 4.69) is 10.6 Å². The summed E-state index contributed by atoms with van der Waals surface area (Å²) in [4.78, 5) is 23.5. The highest BCUT2D eigenvalue weighted by atomic mass is 19.1. The van der Waals surface area contributed by atoms with Crippen molar-refractivity contribution in [3.8, 4) is 0 Å². The van der Waals surface area contributed by atoms with Crippen LogP contribution in [-0.2, 0) is 4.79 Å². The van der Waals surface area contributed by atoms with Crippen LogP contribution in [0.25, 0.3) is 0 Å². The van der Waals surface area contributed by atoms with Crippen LogP contribution in [-0.4, -0.2) is 30.4 Å². The lowest BCUT2D eigenvalue weighted by atomic mass is 9.94. The monoisotopic (exact) mass is 323 g/mol. The molecule has 0 heterocycles. The maximum Gasteiger partial charge on any atom is 0.251 e. The molecule has 1 aromatic rings. The summed E-state index contributed by atoms with van der Waals surface area (Å²) in [5, 5.41) is 5.54. The molecule has 0 radical (unpaired) electrons. The van der Waals surface area contributed by atoms with Gasteiger partial charge in [0.15, 0.2) is 0 Å². The number of nitrogens with two attached hydrogens (primary N) is 1. The molecule has 0 aliphatic carbocycles. The molecule has 0 aromatic heterocycles. The number of rotatable bonds is 9. The Hall–Kier alpha value is -1.95. The predicted molar refractivity (Wildman–Crippen MR) is 88.5 cm³/mol. The van der Waals surface area contributed by atoms with Crippen molar-refractivity contribution in [3.63, 3.8) is 0 Å². The molecule has 1 rings (SSSR count). The van der Waals surface area contributed by atoms with Crippen LogP contribution < -0.4 is 16.4 Å². The molecule has 4 N–H and O–H groups in total. The molecule has 2 amide bonds. The van der Waals surface area contributed by atoms with E-state index in [1.165, 1.54) is 24.3 Å². The third-order valence-corrected chi connectivity index (χ3v) is 4.02. The second kappa shape index (κ2) is 9.25. The number of benzene rings is 1. The van der Waals surface area contributed by atoms with E-state index in [4.69, 9.17) is 5.73 Å². The second-order valence-corrected chi connectivity index (χ2v) is 5.71. The predicted octanol–water partition coefficient (Wildman–Crippen LogP) is 1.97. The lowest BCUT2D eigenvalue weighted by molar-refractivity contribution is -0.121. The molecule has 0 unspecified atom stereocenters. The molecule has 6 heteroatoms. The SMILES string of the molecule is CCC(N)(CC)CNC(=O)CCCNC(=O)c1ccc(F)cc1. The van der Waals surface area contributed by atoms with Crippen LogP contribution in [0.3, 0.4) is 0 Å². The number of halogens is 1. The summed E-state index contributed by atoms with van der Waals surface area (Å²) < 4.78 is 12.8. The van der Waals surface area contributed by atoms with Crippen LogP contribution in [0.4, 0.5) is 4.39 Å². The molecule has 0 saturated carbocycles. The van der Waals surface area contributed by atoms with E-state index in [0.717, 1.165) is 12.8 Å². The minimum atomic E-state index is -0.381. The summed E-state index contributed by atoms with van der Waals surface area (Å²) in [5.41, 5.74) is 6.16. The first-order valence-corrected chi connectivity index (χ1v) is 7.99. The molecule has 5 nitrogen and oxygen atoms in total. The number of amides is 2. The smallest absolute Gasteiger partial charge is 0.251 e. The Labute approximate surface area is 136 Å². The lowest BCUT2D eigenvalue weighted by Crippen LogP contribution is -2.49. The molecule has 0 aliphatic heterocycles. The number of carbonyl (C=O) groups is 2. The van der Waals surface area contributed by atoms with Gasteiger partial charge in [-0.25, -0.2) is 4.39 Å². The summed E-state index contributed by atoms with van der Waals surface area (Å²) >= 11 is 0. The van der Waals surface area contributed by atoms with Crippen LogP contribution >= 0.6 is 0 Å². The van der Waals surface area contributed by atoms with Crippen molar-refractivity contribution in [1.29, 1.82) is 0 Å². The van der Waals surface area contributed by atoms with E-state index < -0.39 is 0 Å². The van der Waals surface area contributed by atoms with Crippen molar-refractivity contribution >= 4 is 11.8 Å². The van der Waals surface area contributed by atoms with E-state index >= 15 is 0 Å². The quantitative estimate of drug-likeness (QED) is 0.608. The highest BCUT2D eigenvalue weighted by molar-refractivity contribution is 5.94. The van der Waals surface area contributed by atoms with E-state index in [0.29, 0.717) is 31.5 Å². The Morgan fingerprint density at radius 3 is 2.30 bits per heavy atom. The molecule has 0 bridgehead atoms. The highest BCUT2D eigenvalue weighted by Crippen LogP contribution is 2.09. The zero-order valence-electron chi connectivity index (χ0n) is 13.8. The Kier molecular flexibility index (Phi) is 7.68.